The van der Waals surface area contributed by atoms with E-state index in [-0.39, 0.29) is 0 Å². The number of fused-ring (bicyclic) bond motifs is 4. The zero-order valence-corrected chi connectivity index (χ0v) is 17.7. The minimum Gasteiger partial charge on any atom is -0.454 e. The second-order valence-corrected chi connectivity index (χ2v) is 8.81. The summed E-state index contributed by atoms with van der Waals surface area (Å²) in [5.74, 6) is 0.470. The first-order valence-electron chi connectivity index (χ1n) is 11.1. The van der Waals surface area contributed by atoms with Crippen LogP contribution in [0.15, 0.2) is 82.2 Å². The van der Waals surface area contributed by atoms with Gasteiger partial charge in [-0.3, -0.25) is 0 Å². The number of thioether (sulfide) groups is 1. The van der Waals surface area contributed by atoms with Crippen molar-refractivity contribution in [3.05, 3.63) is 84.1 Å². The fourth-order valence-electron chi connectivity index (χ4n) is 4.44. The van der Waals surface area contributed by atoms with Crippen LogP contribution in [0.25, 0.3) is 44.3 Å². The van der Waals surface area contributed by atoms with E-state index in [4.69, 9.17) is 7.16 Å². The number of furan rings is 1. The van der Waals surface area contributed by atoms with Crippen molar-refractivity contribution < 1.29 is 11.7 Å². The van der Waals surface area contributed by atoms with Gasteiger partial charge in [-0.15, -0.1) is 11.8 Å². The Balaban J connectivity index is 1.62. The normalized spacial score (nSPS) is 15.9. The maximum absolute atomic E-state index is 8.22. The molecule has 1 aliphatic heterocycles. The molecule has 0 radical (unpaired) electrons. The van der Waals surface area contributed by atoms with Gasteiger partial charge in [-0.2, -0.15) is 0 Å². The minimum absolute atomic E-state index is 0.470. The molecule has 6 rings (SSSR count). The molecule has 1 aliphatic rings. The predicted octanol–water partition coefficient (Wildman–Crippen LogP) is 6.70. The molecule has 0 fully saturated rings. The average Bonchev–Trinajstić information content (AvgIpc) is 3.31. The fourth-order valence-corrected chi connectivity index (χ4v) is 5.33. The van der Waals surface area contributed by atoms with Crippen LogP contribution in [-0.4, -0.2) is 5.75 Å². The van der Waals surface area contributed by atoms with E-state index >= 15 is 0 Å². The molecule has 146 valence electrons. The lowest BCUT2D eigenvalue weighted by Crippen LogP contribution is -2.30. The molecule has 2 nitrogen and oxygen atoms in total. The zero-order valence-electron chi connectivity index (χ0n) is 18.9. The maximum atomic E-state index is 8.22. The summed E-state index contributed by atoms with van der Waals surface area (Å²) in [4.78, 5) is 1.02. The average molecular weight is 411 g/mol. The van der Waals surface area contributed by atoms with Gasteiger partial charge in [0, 0.05) is 41.9 Å². The molecule has 0 atom stereocenters. The molecular formula is C27H22NOS+. The number of pyridine rings is 1. The Morgan fingerprint density at radius 2 is 1.87 bits per heavy atom. The van der Waals surface area contributed by atoms with Crippen LogP contribution in [0.2, 0.25) is 0 Å². The number of para-hydroxylation sites is 1. The molecule has 30 heavy (non-hydrogen) atoms. The molecule has 0 N–H and O–H groups in total. The third kappa shape index (κ3) is 2.62. The monoisotopic (exact) mass is 410 g/mol. The van der Waals surface area contributed by atoms with E-state index in [2.05, 4.69) is 73.3 Å². The van der Waals surface area contributed by atoms with Crippen molar-refractivity contribution in [2.45, 2.75) is 18.2 Å². The largest absolute Gasteiger partial charge is 0.454 e. The standard InChI is InChI=1S/C27H22NOS/c1-17-9-12-22-21-7-5-6-20(19-11-10-18-13-15-30-24(18)16-19)26(21)29-27(22)25(17)23-8-3-4-14-28(23)2/h3-12,14,16H,13,15H2,1-2H3/q+1/i13D2. The third-order valence-corrected chi connectivity index (χ3v) is 6.91. The number of hydrogen-bond acceptors (Lipinski definition) is 2. The summed E-state index contributed by atoms with van der Waals surface area (Å²) >= 11 is 1.59. The van der Waals surface area contributed by atoms with Crippen LogP contribution >= 0.6 is 11.8 Å². The highest BCUT2D eigenvalue weighted by Crippen LogP contribution is 2.42. The van der Waals surface area contributed by atoms with E-state index in [9.17, 15) is 0 Å². The van der Waals surface area contributed by atoms with E-state index in [1.165, 1.54) is 5.56 Å². The van der Waals surface area contributed by atoms with Crippen LogP contribution in [0.4, 0.5) is 0 Å². The van der Waals surface area contributed by atoms with Crippen molar-refractivity contribution >= 4 is 33.7 Å². The molecule has 0 spiro atoms. The van der Waals surface area contributed by atoms with Crippen molar-refractivity contribution in [1.29, 1.82) is 0 Å². The van der Waals surface area contributed by atoms with Crippen LogP contribution in [0.1, 0.15) is 13.9 Å². The number of hydrogen-bond donors (Lipinski definition) is 0. The Morgan fingerprint density at radius 3 is 2.77 bits per heavy atom. The molecule has 0 amide bonds. The first-order valence-corrected chi connectivity index (χ1v) is 11.1. The van der Waals surface area contributed by atoms with E-state index in [1.54, 1.807) is 11.8 Å². The quantitative estimate of drug-likeness (QED) is 0.301. The Bertz CT molecular complexity index is 1540. The lowest BCUT2D eigenvalue weighted by molar-refractivity contribution is -0.660. The van der Waals surface area contributed by atoms with E-state index in [0.717, 1.165) is 54.8 Å². The third-order valence-electron chi connectivity index (χ3n) is 5.97. The van der Waals surface area contributed by atoms with Crippen LogP contribution in [0.5, 0.6) is 0 Å². The molecule has 0 bridgehead atoms. The summed E-state index contributed by atoms with van der Waals surface area (Å²) < 4.78 is 25.2. The Morgan fingerprint density at radius 1 is 0.967 bits per heavy atom. The van der Waals surface area contributed by atoms with Gasteiger partial charge in [-0.05, 0) is 42.1 Å². The van der Waals surface area contributed by atoms with Gasteiger partial charge in [0.15, 0.2) is 6.20 Å². The van der Waals surface area contributed by atoms with E-state index < -0.39 is 6.37 Å². The van der Waals surface area contributed by atoms with Crippen molar-refractivity contribution in [3.63, 3.8) is 0 Å². The highest BCUT2D eigenvalue weighted by Gasteiger charge is 2.21. The number of nitrogens with zero attached hydrogens (tertiary/aromatic N) is 1. The summed E-state index contributed by atoms with van der Waals surface area (Å²) in [7, 11) is 2.06. The molecule has 3 aromatic carbocycles. The second-order valence-electron chi connectivity index (χ2n) is 7.79. The Kier molecular flexibility index (Phi) is 3.54. The summed E-state index contributed by atoms with van der Waals surface area (Å²) in [6.45, 7) is 2.13. The van der Waals surface area contributed by atoms with Crippen molar-refractivity contribution in [2.75, 3.05) is 5.75 Å². The molecule has 0 aliphatic carbocycles. The van der Waals surface area contributed by atoms with Gasteiger partial charge in [0.1, 0.15) is 18.2 Å². The van der Waals surface area contributed by atoms with Crippen molar-refractivity contribution in [1.82, 2.24) is 0 Å². The molecule has 0 unspecified atom stereocenters. The number of aromatic nitrogens is 1. The highest BCUT2D eigenvalue weighted by atomic mass is 32.2. The Hall–Kier alpha value is -3.04. The lowest BCUT2D eigenvalue weighted by Gasteiger charge is -2.05. The van der Waals surface area contributed by atoms with E-state index in [1.807, 2.05) is 18.2 Å². The second kappa shape index (κ2) is 6.75. The minimum atomic E-state index is -1.26. The van der Waals surface area contributed by atoms with Gasteiger partial charge in [-0.1, -0.05) is 42.5 Å². The maximum Gasteiger partial charge on any atom is 0.216 e. The first-order chi connectivity index (χ1) is 15.4. The van der Waals surface area contributed by atoms with Crippen molar-refractivity contribution in [2.24, 2.45) is 7.05 Å². The number of benzene rings is 3. The van der Waals surface area contributed by atoms with Crippen LogP contribution in [0.3, 0.4) is 0 Å². The van der Waals surface area contributed by atoms with Gasteiger partial charge in [0.2, 0.25) is 5.69 Å². The summed E-state index contributed by atoms with van der Waals surface area (Å²) in [5, 5.41) is 2.21. The molecule has 0 saturated carbocycles. The van der Waals surface area contributed by atoms with Crippen LogP contribution in [0, 0.1) is 6.92 Å². The predicted molar refractivity (Wildman–Crippen MR) is 125 cm³/mol. The molecule has 3 heteroatoms. The van der Waals surface area contributed by atoms with Gasteiger partial charge >= 0.3 is 0 Å². The van der Waals surface area contributed by atoms with Gasteiger partial charge < -0.3 is 4.42 Å². The van der Waals surface area contributed by atoms with Crippen LogP contribution < -0.4 is 4.57 Å². The molecule has 2 aromatic heterocycles. The molecular weight excluding hydrogens is 386 g/mol. The van der Waals surface area contributed by atoms with Crippen LogP contribution in [-0.2, 0) is 13.4 Å². The first kappa shape index (κ1) is 15.8. The van der Waals surface area contributed by atoms with Gasteiger partial charge in [-0.25, -0.2) is 4.57 Å². The topological polar surface area (TPSA) is 17.0 Å². The Labute approximate surface area is 183 Å². The zero-order chi connectivity index (χ0) is 22.0. The molecule has 5 aromatic rings. The highest BCUT2D eigenvalue weighted by molar-refractivity contribution is 7.99. The van der Waals surface area contributed by atoms with Gasteiger partial charge in [0.25, 0.3) is 0 Å². The fraction of sp³-hybridized carbons (Fsp3) is 0.148. The summed E-state index contributed by atoms with van der Waals surface area (Å²) in [6.07, 6.45) is 0.796. The van der Waals surface area contributed by atoms with E-state index in [0.29, 0.717) is 5.75 Å². The smallest absolute Gasteiger partial charge is 0.216 e. The number of aryl methyl sites for hydroxylation is 3. The lowest BCUT2D eigenvalue weighted by atomic mass is 9.98. The summed E-state index contributed by atoms with van der Waals surface area (Å²) in [6, 6.07) is 22.9. The van der Waals surface area contributed by atoms with Crippen molar-refractivity contribution in [3.8, 4) is 22.4 Å². The SMILES string of the molecule is [2H]C1([2H])CSc2cc(-c3cccc4c3oc3c(-c5cccc[n+]5C)c(C)ccc34)ccc21. The van der Waals surface area contributed by atoms with Gasteiger partial charge in [0.05, 0.1) is 5.56 Å². The molecule has 3 heterocycles. The number of rotatable bonds is 2. The molecule has 0 saturated heterocycles. The summed E-state index contributed by atoms with van der Waals surface area (Å²) in [5.41, 5.74) is 8.07.